The Labute approximate surface area is 325 Å². The van der Waals surface area contributed by atoms with Crippen molar-refractivity contribution in [3.05, 3.63) is 198 Å². The maximum atomic E-state index is 2.53. The largest absolute Gasteiger partial charge is 0.310 e. The zero-order valence-electron chi connectivity index (χ0n) is 31.0. The highest BCUT2D eigenvalue weighted by atomic mass is 32.1. The van der Waals surface area contributed by atoms with Crippen LogP contribution in [0.5, 0.6) is 0 Å². The molecular weight excluding hydrogens is 683 g/mol. The number of thiophene rings is 1. The van der Waals surface area contributed by atoms with Crippen molar-refractivity contribution in [3.8, 4) is 44.5 Å². The highest BCUT2D eigenvalue weighted by molar-refractivity contribution is 7.25. The summed E-state index contributed by atoms with van der Waals surface area (Å²) in [4.78, 5) is 2.53. The van der Waals surface area contributed by atoms with Gasteiger partial charge in [0.05, 0.1) is 11.4 Å². The van der Waals surface area contributed by atoms with Crippen LogP contribution in [-0.4, -0.2) is 0 Å². The number of benzene rings is 8. The maximum absolute atomic E-state index is 2.53. The summed E-state index contributed by atoms with van der Waals surface area (Å²) < 4.78 is 2.66. The predicted octanol–water partition coefficient (Wildman–Crippen LogP) is 14.8. The highest BCUT2D eigenvalue weighted by Crippen LogP contribution is 2.63. The minimum absolute atomic E-state index is 0.0538. The number of nitrogens with zero attached hydrogens (tertiary/aromatic N) is 1. The molecule has 0 bridgehead atoms. The van der Waals surface area contributed by atoms with Crippen molar-refractivity contribution >= 4 is 48.6 Å². The van der Waals surface area contributed by atoms with Gasteiger partial charge >= 0.3 is 0 Å². The number of fused-ring (bicyclic) bond motifs is 11. The summed E-state index contributed by atoms with van der Waals surface area (Å²) in [5, 5.41) is 2.67. The third-order valence-corrected chi connectivity index (χ3v) is 14.2. The molecule has 9 aromatic rings. The quantitative estimate of drug-likeness (QED) is 0.176. The van der Waals surface area contributed by atoms with Crippen LogP contribution in [0.1, 0.15) is 48.6 Å². The predicted molar refractivity (Wildman–Crippen MR) is 233 cm³/mol. The molecule has 0 saturated heterocycles. The van der Waals surface area contributed by atoms with Gasteiger partial charge < -0.3 is 4.90 Å². The summed E-state index contributed by atoms with van der Waals surface area (Å²) >= 11 is 1.88. The molecular formula is C53H37NS. The van der Waals surface area contributed by atoms with Gasteiger partial charge in [0, 0.05) is 36.7 Å². The second-order valence-corrected chi connectivity index (χ2v) is 17.3. The lowest BCUT2D eigenvalue weighted by atomic mass is 9.70. The smallest absolute Gasteiger partial charge is 0.0512 e. The molecule has 12 rings (SSSR count). The first kappa shape index (κ1) is 31.2. The van der Waals surface area contributed by atoms with E-state index >= 15 is 0 Å². The number of hydrogen-bond donors (Lipinski definition) is 0. The number of anilines is 3. The number of rotatable bonds is 3. The van der Waals surface area contributed by atoms with Gasteiger partial charge in [0.2, 0.25) is 0 Å². The molecule has 0 N–H and O–H groups in total. The lowest BCUT2D eigenvalue weighted by molar-refractivity contribution is 0.660. The van der Waals surface area contributed by atoms with Gasteiger partial charge in [0.15, 0.2) is 0 Å². The van der Waals surface area contributed by atoms with Crippen LogP contribution in [0.15, 0.2) is 170 Å². The fourth-order valence-electron chi connectivity index (χ4n) is 10.5. The zero-order chi connectivity index (χ0) is 36.6. The Morgan fingerprint density at radius 1 is 0.418 bits per heavy atom. The van der Waals surface area contributed by atoms with E-state index in [0.29, 0.717) is 0 Å². The molecule has 0 fully saturated rings. The molecule has 1 aliphatic heterocycles. The van der Waals surface area contributed by atoms with Crippen molar-refractivity contribution in [2.24, 2.45) is 0 Å². The van der Waals surface area contributed by atoms with Gasteiger partial charge in [-0.15, -0.1) is 11.3 Å². The molecule has 3 aliphatic rings. The van der Waals surface area contributed by atoms with E-state index in [4.69, 9.17) is 0 Å². The Hall–Kier alpha value is -6.22. The SMILES string of the molecule is CC1(C)c2ccccc2-c2ccc(-c3ccc4c(c3)C3(C)c5ccccc5-c5cccc(c53)N4c3cccc(-c4cccc5sc6ccccc6c45)c3)cc21. The fourth-order valence-corrected chi connectivity index (χ4v) is 11.6. The summed E-state index contributed by atoms with van der Waals surface area (Å²) in [7, 11) is 0. The minimum Gasteiger partial charge on any atom is -0.310 e. The molecule has 0 spiro atoms. The molecule has 1 nitrogen and oxygen atoms in total. The van der Waals surface area contributed by atoms with Gasteiger partial charge in [-0.1, -0.05) is 135 Å². The third kappa shape index (κ3) is 4.07. The third-order valence-electron chi connectivity index (χ3n) is 13.1. The van der Waals surface area contributed by atoms with E-state index in [1.54, 1.807) is 0 Å². The standard InChI is InChI=1S/C53H37NS/c1-52(2)42-20-7-4-15-37(42)39-27-25-32(30-44(39)52)33-26-28-46-45(31-33)53(3)43-21-8-5-16-38(43)40-19-11-22-47(51(40)53)54(46)35-14-10-13-34(29-35)36-18-12-24-49-50(36)41-17-6-9-23-48(41)55-49/h4-31H,1-3H3. The Kier molecular flexibility index (Phi) is 6.20. The molecule has 55 heavy (non-hydrogen) atoms. The second-order valence-electron chi connectivity index (χ2n) is 16.2. The minimum atomic E-state index is -0.310. The van der Waals surface area contributed by atoms with Crippen molar-refractivity contribution in [3.63, 3.8) is 0 Å². The van der Waals surface area contributed by atoms with Gasteiger partial charge in [-0.2, -0.15) is 0 Å². The van der Waals surface area contributed by atoms with E-state index in [-0.39, 0.29) is 10.8 Å². The van der Waals surface area contributed by atoms with Crippen LogP contribution in [0.4, 0.5) is 17.1 Å². The molecule has 1 aromatic heterocycles. The van der Waals surface area contributed by atoms with Crippen molar-refractivity contribution in [1.29, 1.82) is 0 Å². The topological polar surface area (TPSA) is 3.24 Å². The Morgan fingerprint density at radius 3 is 1.93 bits per heavy atom. The summed E-state index contributed by atoms with van der Waals surface area (Å²) in [5.74, 6) is 0. The van der Waals surface area contributed by atoms with E-state index in [2.05, 4.69) is 196 Å². The van der Waals surface area contributed by atoms with E-state index < -0.39 is 0 Å². The molecule has 0 radical (unpaired) electrons. The first-order valence-corrected chi connectivity index (χ1v) is 20.2. The van der Waals surface area contributed by atoms with Crippen LogP contribution >= 0.6 is 11.3 Å². The second kappa shape index (κ2) is 10.9. The van der Waals surface area contributed by atoms with Crippen molar-refractivity contribution in [2.75, 3.05) is 4.90 Å². The van der Waals surface area contributed by atoms with E-state index in [9.17, 15) is 0 Å². The molecule has 2 aliphatic carbocycles. The van der Waals surface area contributed by atoms with Crippen molar-refractivity contribution in [1.82, 2.24) is 0 Å². The first-order valence-electron chi connectivity index (χ1n) is 19.3. The average Bonchev–Trinajstić information content (AvgIpc) is 3.82. The maximum Gasteiger partial charge on any atom is 0.0512 e. The highest BCUT2D eigenvalue weighted by Gasteiger charge is 2.48. The van der Waals surface area contributed by atoms with Gasteiger partial charge in [0.1, 0.15) is 0 Å². The van der Waals surface area contributed by atoms with Gasteiger partial charge in [-0.25, -0.2) is 0 Å². The Balaban J connectivity index is 1.07. The van der Waals surface area contributed by atoms with Gasteiger partial charge in [-0.3, -0.25) is 0 Å². The summed E-state index contributed by atoms with van der Waals surface area (Å²) in [5.41, 5.74) is 20.6. The van der Waals surface area contributed by atoms with E-state index in [1.165, 1.54) is 110 Å². The molecule has 1 unspecified atom stereocenters. The summed E-state index contributed by atoms with van der Waals surface area (Å²) in [6, 6.07) is 64.1. The number of hydrogen-bond acceptors (Lipinski definition) is 2. The van der Waals surface area contributed by atoms with Crippen molar-refractivity contribution < 1.29 is 0 Å². The molecule has 0 saturated carbocycles. The van der Waals surface area contributed by atoms with Gasteiger partial charge in [-0.05, 0) is 128 Å². The van der Waals surface area contributed by atoms with Crippen molar-refractivity contribution in [2.45, 2.75) is 31.6 Å². The summed E-state index contributed by atoms with van der Waals surface area (Å²) in [6.45, 7) is 7.20. The Bertz CT molecular complexity index is 3110. The molecule has 0 amide bonds. The Morgan fingerprint density at radius 2 is 1.05 bits per heavy atom. The van der Waals surface area contributed by atoms with Crippen LogP contribution in [-0.2, 0) is 10.8 Å². The zero-order valence-corrected chi connectivity index (χ0v) is 31.8. The van der Waals surface area contributed by atoms with Crippen LogP contribution in [0, 0.1) is 0 Å². The monoisotopic (exact) mass is 719 g/mol. The molecule has 260 valence electrons. The van der Waals surface area contributed by atoms with Crippen LogP contribution < -0.4 is 4.90 Å². The normalized spacial score (nSPS) is 16.8. The average molecular weight is 720 g/mol. The summed E-state index contributed by atoms with van der Waals surface area (Å²) in [6.07, 6.45) is 0. The molecule has 2 heterocycles. The van der Waals surface area contributed by atoms with Crippen LogP contribution in [0.3, 0.4) is 0 Å². The lowest BCUT2D eigenvalue weighted by Crippen LogP contribution is -2.32. The van der Waals surface area contributed by atoms with E-state index in [1.807, 2.05) is 11.3 Å². The van der Waals surface area contributed by atoms with Crippen LogP contribution in [0.2, 0.25) is 0 Å². The lowest BCUT2D eigenvalue weighted by Gasteiger charge is -2.42. The molecule has 1 atom stereocenters. The van der Waals surface area contributed by atoms with Gasteiger partial charge in [0.25, 0.3) is 0 Å². The molecule has 8 aromatic carbocycles. The fraction of sp³-hybridized carbons (Fsp3) is 0.0943. The van der Waals surface area contributed by atoms with Crippen LogP contribution in [0.25, 0.3) is 64.7 Å². The molecule has 2 heteroatoms. The van der Waals surface area contributed by atoms with E-state index in [0.717, 1.165) is 0 Å². The first-order chi connectivity index (χ1) is 26.9.